The first kappa shape index (κ1) is 24.6. The Hall–Kier alpha value is -2.65. The third kappa shape index (κ3) is 6.67. The number of aliphatic hydroxyl groups is 1. The van der Waals surface area contributed by atoms with Gasteiger partial charge in [0.25, 0.3) is 0 Å². The Kier molecular flexibility index (Phi) is 8.82. The van der Waals surface area contributed by atoms with Gasteiger partial charge in [0, 0.05) is 12.5 Å². The van der Waals surface area contributed by atoms with Crippen LogP contribution in [0, 0.1) is 11.8 Å². The van der Waals surface area contributed by atoms with Crippen molar-refractivity contribution in [2.45, 2.75) is 58.3 Å². The lowest BCUT2D eigenvalue weighted by molar-refractivity contribution is -0.151. The van der Waals surface area contributed by atoms with Crippen molar-refractivity contribution in [2.75, 3.05) is 18.1 Å². The number of anilines is 1. The number of carboxylic acid groups (broad SMARTS) is 1. The van der Waals surface area contributed by atoms with Crippen LogP contribution in [0.25, 0.3) is 0 Å². The zero-order valence-electron chi connectivity index (χ0n) is 18.2. The van der Waals surface area contributed by atoms with Crippen LogP contribution in [-0.2, 0) is 19.1 Å². The molecule has 0 aromatic heterocycles. The van der Waals surface area contributed by atoms with Crippen LogP contribution in [0.1, 0.15) is 40.0 Å². The number of nitrogens with two attached hydrogens (primary N) is 1. The number of fused-ring (bicyclic) bond motifs is 1. The van der Waals surface area contributed by atoms with Crippen LogP contribution in [0.2, 0.25) is 0 Å². The molecule has 4 N–H and O–H groups in total. The molecule has 0 saturated carbocycles. The number of rotatable bonds is 10. The second kappa shape index (κ2) is 11.1. The summed E-state index contributed by atoms with van der Waals surface area (Å²) in [5.74, 6) is -2.14. The van der Waals surface area contributed by atoms with E-state index in [1.54, 1.807) is 31.2 Å². The molecule has 0 fully saturated rings. The predicted molar refractivity (Wildman–Crippen MR) is 114 cm³/mol. The molecule has 1 aliphatic rings. The molecular weight excluding hydrogens is 404 g/mol. The third-order valence-electron chi connectivity index (χ3n) is 5.33. The number of aliphatic carboxylic acids is 1. The molecule has 0 aliphatic carbocycles. The van der Waals surface area contributed by atoms with Gasteiger partial charge in [-0.3, -0.25) is 9.59 Å². The molecule has 1 aromatic carbocycles. The van der Waals surface area contributed by atoms with Crippen molar-refractivity contribution in [3.05, 3.63) is 24.3 Å². The summed E-state index contributed by atoms with van der Waals surface area (Å²) in [6, 6.07) is 6.35. The lowest BCUT2D eigenvalue weighted by Gasteiger charge is -2.34. The number of carboxylic acids is 1. The number of carbonyl (C=O) groups is 3. The average Bonchev–Trinajstić information content (AvgIpc) is 2.72. The first-order valence-electron chi connectivity index (χ1n) is 10.5. The SMILES string of the molecule is CCOC(=O)[C@H]1CN(C(=O)C[C@H](C)C[C@H](N)[C@@H](O)C[C@@H](C)C(=O)O)c2ccccc2O1. The van der Waals surface area contributed by atoms with Gasteiger partial charge in [0.15, 0.2) is 0 Å². The molecule has 0 spiro atoms. The van der Waals surface area contributed by atoms with Crippen LogP contribution in [-0.4, -0.2) is 59.5 Å². The van der Waals surface area contributed by atoms with Gasteiger partial charge >= 0.3 is 11.9 Å². The fourth-order valence-corrected chi connectivity index (χ4v) is 3.58. The minimum Gasteiger partial charge on any atom is -0.481 e. The highest BCUT2D eigenvalue weighted by Gasteiger charge is 2.35. The van der Waals surface area contributed by atoms with Gasteiger partial charge in [-0.25, -0.2) is 4.79 Å². The molecule has 172 valence electrons. The summed E-state index contributed by atoms with van der Waals surface area (Å²) < 4.78 is 10.8. The number of ether oxygens (including phenoxy) is 2. The molecule has 9 heteroatoms. The molecule has 31 heavy (non-hydrogen) atoms. The van der Waals surface area contributed by atoms with E-state index in [2.05, 4.69) is 0 Å². The maximum absolute atomic E-state index is 13.1. The quantitative estimate of drug-likeness (QED) is 0.470. The largest absolute Gasteiger partial charge is 0.481 e. The fourth-order valence-electron chi connectivity index (χ4n) is 3.58. The van der Waals surface area contributed by atoms with Crippen LogP contribution < -0.4 is 15.4 Å². The van der Waals surface area contributed by atoms with Crippen molar-refractivity contribution in [3.63, 3.8) is 0 Å². The molecule has 5 atom stereocenters. The van der Waals surface area contributed by atoms with Crippen LogP contribution in [0.5, 0.6) is 5.75 Å². The van der Waals surface area contributed by atoms with Gasteiger partial charge in [0.05, 0.1) is 30.9 Å². The second-order valence-electron chi connectivity index (χ2n) is 8.08. The topological polar surface area (TPSA) is 139 Å². The van der Waals surface area contributed by atoms with Gasteiger partial charge in [-0.1, -0.05) is 26.0 Å². The van der Waals surface area contributed by atoms with Crippen molar-refractivity contribution >= 4 is 23.5 Å². The van der Waals surface area contributed by atoms with Crippen LogP contribution in [0.3, 0.4) is 0 Å². The highest BCUT2D eigenvalue weighted by molar-refractivity contribution is 5.96. The van der Waals surface area contributed by atoms with Crippen LogP contribution in [0.15, 0.2) is 24.3 Å². The number of hydrogen-bond donors (Lipinski definition) is 3. The van der Waals surface area contributed by atoms with E-state index >= 15 is 0 Å². The molecule has 0 bridgehead atoms. The van der Waals surface area contributed by atoms with Crippen molar-refractivity contribution in [1.29, 1.82) is 0 Å². The number of aliphatic hydroxyl groups excluding tert-OH is 1. The van der Waals surface area contributed by atoms with Gasteiger partial charge < -0.3 is 30.3 Å². The van der Waals surface area contributed by atoms with Crippen molar-refractivity contribution < 1.29 is 34.1 Å². The molecule has 1 heterocycles. The minimum absolute atomic E-state index is 0.0478. The number of nitrogens with zero attached hydrogens (tertiary/aromatic N) is 1. The van der Waals surface area contributed by atoms with E-state index in [4.69, 9.17) is 20.3 Å². The van der Waals surface area contributed by atoms with Gasteiger partial charge in [0.2, 0.25) is 12.0 Å². The van der Waals surface area contributed by atoms with Crippen molar-refractivity contribution in [3.8, 4) is 5.75 Å². The van der Waals surface area contributed by atoms with Gasteiger partial charge in [0.1, 0.15) is 5.75 Å². The molecule has 1 amide bonds. The molecule has 1 aromatic rings. The zero-order valence-corrected chi connectivity index (χ0v) is 18.2. The Morgan fingerprint density at radius 3 is 2.58 bits per heavy atom. The summed E-state index contributed by atoms with van der Waals surface area (Å²) in [6.07, 6.45) is -1.32. The van der Waals surface area contributed by atoms with Gasteiger partial charge in [-0.15, -0.1) is 0 Å². The summed E-state index contributed by atoms with van der Waals surface area (Å²) >= 11 is 0. The van der Waals surface area contributed by atoms with E-state index in [1.165, 1.54) is 11.8 Å². The number of benzene rings is 1. The zero-order chi connectivity index (χ0) is 23.1. The van der Waals surface area contributed by atoms with Crippen LogP contribution >= 0.6 is 0 Å². The summed E-state index contributed by atoms with van der Waals surface area (Å²) in [6.45, 7) is 5.33. The van der Waals surface area contributed by atoms with E-state index in [-0.39, 0.29) is 37.8 Å². The first-order valence-corrected chi connectivity index (χ1v) is 10.5. The smallest absolute Gasteiger partial charge is 0.349 e. The van der Waals surface area contributed by atoms with Crippen molar-refractivity contribution in [2.24, 2.45) is 17.6 Å². The molecule has 9 nitrogen and oxygen atoms in total. The van der Waals surface area contributed by atoms with E-state index in [0.29, 0.717) is 17.9 Å². The summed E-state index contributed by atoms with van der Waals surface area (Å²) in [4.78, 5) is 37.7. The number of para-hydroxylation sites is 2. The molecular formula is C22H32N2O7. The van der Waals surface area contributed by atoms with E-state index in [0.717, 1.165) is 0 Å². The van der Waals surface area contributed by atoms with E-state index in [1.807, 2.05) is 6.92 Å². The summed E-state index contributed by atoms with van der Waals surface area (Å²) in [5, 5.41) is 19.2. The van der Waals surface area contributed by atoms with Gasteiger partial charge in [-0.2, -0.15) is 0 Å². The average molecular weight is 437 g/mol. The second-order valence-corrected chi connectivity index (χ2v) is 8.08. The Labute approximate surface area is 182 Å². The summed E-state index contributed by atoms with van der Waals surface area (Å²) in [7, 11) is 0. The monoisotopic (exact) mass is 436 g/mol. The Morgan fingerprint density at radius 2 is 1.94 bits per heavy atom. The fraction of sp³-hybridized carbons (Fsp3) is 0.591. The Morgan fingerprint density at radius 1 is 1.26 bits per heavy atom. The van der Waals surface area contributed by atoms with Gasteiger partial charge in [-0.05, 0) is 37.8 Å². The molecule has 2 rings (SSSR count). The molecule has 0 radical (unpaired) electrons. The third-order valence-corrected chi connectivity index (χ3v) is 5.33. The number of esters is 1. The Bertz CT molecular complexity index is 785. The first-order chi connectivity index (χ1) is 14.6. The normalized spacial score (nSPS) is 19.4. The lowest BCUT2D eigenvalue weighted by atomic mass is 9.91. The predicted octanol–water partition coefficient (Wildman–Crippen LogP) is 1.56. The highest BCUT2D eigenvalue weighted by Crippen LogP contribution is 2.34. The molecule has 0 unspecified atom stereocenters. The van der Waals surface area contributed by atoms with Crippen molar-refractivity contribution in [1.82, 2.24) is 0 Å². The molecule has 0 saturated heterocycles. The maximum Gasteiger partial charge on any atom is 0.349 e. The van der Waals surface area contributed by atoms with E-state index < -0.39 is 36.1 Å². The Balaban J connectivity index is 2.02. The maximum atomic E-state index is 13.1. The highest BCUT2D eigenvalue weighted by atomic mass is 16.6. The van der Waals surface area contributed by atoms with E-state index in [9.17, 15) is 19.5 Å². The minimum atomic E-state index is -0.989. The standard InChI is InChI=1S/C22H32N2O7/c1-4-30-22(29)19-12-24(16-7-5-6-8-18(16)31-19)20(26)10-13(2)9-15(23)17(25)11-14(3)21(27)28/h5-8,13-15,17,19,25H,4,9-12,23H2,1-3H3,(H,27,28)/t13-,14-,15+,17+,19-/m1/s1. The summed E-state index contributed by atoms with van der Waals surface area (Å²) in [5.41, 5.74) is 6.63. The number of hydrogen-bond acceptors (Lipinski definition) is 7. The lowest BCUT2D eigenvalue weighted by Crippen LogP contribution is -2.48. The number of carbonyl (C=O) groups excluding carboxylic acids is 2. The molecule has 1 aliphatic heterocycles. The van der Waals surface area contributed by atoms with Crippen LogP contribution in [0.4, 0.5) is 5.69 Å². The number of amides is 1.